The number of nitrogens with zero attached hydrogens (tertiary/aromatic N) is 3. The Labute approximate surface area is 123 Å². The zero-order chi connectivity index (χ0) is 15.4. The van der Waals surface area contributed by atoms with E-state index in [1.165, 1.54) is 7.11 Å². The maximum Gasteiger partial charge on any atom is 0.333 e. The molecule has 1 N–H and O–H groups in total. The SMILES string of the molecule is COC(=O)C(Nc1c(C#N)c(C)nn1C)c1ccccc1. The van der Waals surface area contributed by atoms with Crippen LogP contribution in [0.2, 0.25) is 0 Å². The highest BCUT2D eigenvalue weighted by Crippen LogP contribution is 2.24. The van der Waals surface area contributed by atoms with Gasteiger partial charge in [-0.1, -0.05) is 30.3 Å². The molecule has 0 aliphatic rings. The van der Waals surface area contributed by atoms with E-state index in [1.807, 2.05) is 30.3 Å². The van der Waals surface area contributed by atoms with Crippen molar-refractivity contribution < 1.29 is 9.53 Å². The fourth-order valence-corrected chi connectivity index (χ4v) is 2.14. The second-order valence-electron chi connectivity index (χ2n) is 4.56. The zero-order valence-electron chi connectivity index (χ0n) is 12.1. The first kappa shape index (κ1) is 14.6. The van der Waals surface area contributed by atoms with E-state index in [-0.39, 0.29) is 0 Å². The zero-order valence-corrected chi connectivity index (χ0v) is 12.1. The van der Waals surface area contributed by atoms with Gasteiger partial charge in [-0.05, 0) is 12.5 Å². The van der Waals surface area contributed by atoms with E-state index >= 15 is 0 Å². The van der Waals surface area contributed by atoms with Crippen molar-refractivity contribution in [2.45, 2.75) is 13.0 Å². The van der Waals surface area contributed by atoms with Crippen LogP contribution in [0.15, 0.2) is 30.3 Å². The van der Waals surface area contributed by atoms with Gasteiger partial charge in [0, 0.05) is 7.05 Å². The van der Waals surface area contributed by atoms with Crippen molar-refractivity contribution in [3.8, 4) is 6.07 Å². The van der Waals surface area contributed by atoms with Gasteiger partial charge in [0.1, 0.15) is 17.5 Å². The highest BCUT2D eigenvalue weighted by Gasteiger charge is 2.24. The molecule has 1 unspecified atom stereocenters. The number of methoxy groups -OCH3 is 1. The molecule has 0 bridgehead atoms. The van der Waals surface area contributed by atoms with Crippen LogP contribution in [0.3, 0.4) is 0 Å². The van der Waals surface area contributed by atoms with Crippen LogP contribution in [0.5, 0.6) is 0 Å². The van der Waals surface area contributed by atoms with Crippen LogP contribution in [0.1, 0.15) is 22.9 Å². The summed E-state index contributed by atoms with van der Waals surface area (Å²) in [7, 11) is 3.05. The Kier molecular flexibility index (Phi) is 4.24. The monoisotopic (exact) mass is 284 g/mol. The Balaban J connectivity index is 2.42. The van der Waals surface area contributed by atoms with Crippen LogP contribution >= 0.6 is 0 Å². The summed E-state index contributed by atoms with van der Waals surface area (Å²) in [4.78, 5) is 12.0. The fourth-order valence-electron chi connectivity index (χ4n) is 2.14. The number of carbonyl (C=O) groups excluding carboxylic acids is 1. The normalized spacial score (nSPS) is 11.5. The van der Waals surface area contributed by atoms with Gasteiger partial charge in [-0.25, -0.2) is 4.79 Å². The minimum absolute atomic E-state index is 0.419. The van der Waals surface area contributed by atoms with Crippen molar-refractivity contribution in [3.63, 3.8) is 0 Å². The number of rotatable bonds is 4. The predicted octanol–water partition coefficient (Wildman–Crippen LogP) is 1.93. The fraction of sp³-hybridized carbons (Fsp3) is 0.267. The largest absolute Gasteiger partial charge is 0.467 e. The van der Waals surface area contributed by atoms with Crippen LogP contribution in [-0.2, 0) is 16.6 Å². The summed E-state index contributed by atoms with van der Waals surface area (Å²) in [5.74, 6) is 0.0678. The van der Waals surface area contributed by atoms with Crippen LogP contribution in [0.25, 0.3) is 0 Å². The highest BCUT2D eigenvalue weighted by atomic mass is 16.5. The summed E-state index contributed by atoms with van der Waals surface area (Å²) >= 11 is 0. The Hall–Kier alpha value is -2.81. The average molecular weight is 284 g/mol. The van der Waals surface area contributed by atoms with Crippen LogP contribution in [-0.4, -0.2) is 22.9 Å². The van der Waals surface area contributed by atoms with Crippen molar-refractivity contribution in [2.24, 2.45) is 7.05 Å². The van der Waals surface area contributed by atoms with E-state index in [1.54, 1.807) is 18.7 Å². The van der Waals surface area contributed by atoms with E-state index in [0.717, 1.165) is 5.56 Å². The lowest BCUT2D eigenvalue weighted by molar-refractivity contribution is -0.141. The van der Waals surface area contributed by atoms with Crippen molar-refractivity contribution in [2.75, 3.05) is 12.4 Å². The molecule has 0 aliphatic heterocycles. The number of aryl methyl sites for hydroxylation is 2. The summed E-state index contributed by atoms with van der Waals surface area (Å²) in [6.07, 6.45) is 0. The summed E-state index contributed by atoms with van der Waals surface area (Å²) in [6.45, 7) is 1.75. The topological polar surface area (TPSA) is 79.9 Å². The van der Waals surface area contributed by atoms with Gasteiger partial charge in [0.25, 0.3) is 0 Å². The predicted molar refractivity (Wildman–Crippen MR) is 77.5 cm³/mol. The standard InChI is InChI=1S/C15H16N4O2/c1-10-12(9-16)14(19(2)18-10)17-13(15(20)21-3)11-7-5-4-6-8-11/h4-8,13,17H,1-3H3. The van der Waals surface area contributed by atoms with Crippen molar-refractivity contribution in [3.05, 3.63) is 47.2 Å². The molecule has 0 fully saturated rings. The third-order valence-electron chi connectivity index (χ3n) is 3.18. The second-order valence-corrected chi connectivity index (χ2v) is 4.56. The van der Waals surface area contributed by atoms with E-state index < -0.39 is 12.0 Å². The molecule has 0 saturated heterocycles. The maximum absolute atomic E-state index is 12.0. The number of ether oxygens (including phenoxy) is 1. The smallest absolute Gasteiger partial charge is 0.333 e. The van der Waals surface area contributed by atoms with Crippen LogP contribution in [0, 0.1) is 18.3 Å². The highest BCUT2D eigenvalue weighted by molar-refractivity contribution is 5.81. The Morgan fingerprint density at radius 1 is 1.43 bits per heavy atom. The van der Waals surface area contributed by atoms with Crippen LogP contribution < -0.4 is 5.32 Å². The summed E-state index contributed by atoms with van der Waals surface area (Å²) in [6, 6.07) is 10.6. The van der Waals surface area contributed by atoms with E-state index in [2.05, 4.69) is 16.5 Å². The van der Waals surface area contributed by atoms with Gasteiger partial charge >= 0.3 is 5.97 Å². The number of anilines is 1. The molecule has 1 aromatic carbocycles. The number of carbonyl (C=O) groups is 1. The van der Waals surface area contributed by atoms with Crippen molar-refractivity contribution >= 4 is 11.8 Å². The molecule has 0 spiro atoms. The van der Waals surface area contributed by atoms with Gasteiger partial charge < -0.3 is 10.1 Å². The minimum atomic E-state index is -0.696. The third kappa shape index (κ3) is 2.87. The molecule has 0 amide bonds. The molecular formula is C15H16N4O2. The molecule has 1 atom stereocenters. The van der Waals surface area contributed by atoms with Gasteiger partial charge in [-0.3, -0.25) is 4.68 Å². The maximum atomic E-state index is 12.0. The molecule has 6 heteroatoms. The molecule has 0 radical (unpaired) electrons. The Bertz CT molecular complexity index is 686. The first-order valence-corrected chi connectivity index (χ1v) is 6.41. The quantitative estimate of drug-likeness (QED) is 0.868. The van der Waals surface area contributed by atoms with Crippen molar-refractivity contribution in [1.82, 2.24) is 9.78 Å². The van der Waals surface area contributed by atoms with Gasteiger partial charge in [-0.2, -0.15) is 10.4 Å². The lowest BCUT2D eigenvalue weighted by Gasteiger charge is -2.18. The van der Waals surface area contributed by atoms with E-state index in [0.29, 0.717) is 17.1 Å². The lowest BCUT2D eigenvalue weighted by atomic mass is 10.1. The number of nitrogens with one attached hydrogen (secondary N) is 1. The molecule has 0 saturated carbocycles. The first-order chi connectivity index (χ1) is 10.1. The van der Waals surface area contributed by atoms with Crippen LogP contribution in [0.4, 0.5) is 5.82 Å². The Morgan fingerprint density at radius 2 is 2.10 bits per heavy atom. The minimum Gasteiger partial charge on any atom is -0.467 e. The molecule has 1 heterocycles. The molecule has 2 aromatic rings. The Morgan fingerprint density at radius 3 is 2.67 bits per heavy atom. The number of esters is 1. The lowest BCUT2D eigenvalue weighted by Crippen LogP contribution is -2.23. The molecule has 1 aromatic heterocycles. The summed E-state index contributed by atoms with van der Waals surface area (Å²) < 4.78 is 6.39. The molecule has 108 valence electrons. The second kappa shape index (κ2) is 6.09. The van der Waals surface area contributed by atoms with E-state index in [9.17, 15) is 10.1 Å². The molecular weight excluding hydrogens is 268 g/mol. The van der Waals surface area contributed by atoms with Gasteiger partial charge in [0.2, 0.25) is 0 Å². The average Bonchev–Trinajstić information content (AvgIpc) is 2.78. The molecule has 21 heavy (non-hydrogen) atoms. The number of aromatic nitrogens is 2. The van der Waals surface area contributed by atoms with Crippen molar-refractivity contribution in [1.29, 1.82) is 5.26 Å². The van der Waals surface area contributed by atoms with Gasteiger partial charge in [0.15, 0.2) is 6.04 Å². The van der Waals surface area contributed by atoms with Gasteiger partial charge in [-0.15, -0.1) is 0 Å². The number of benzene rings is 1. The van der Waals surface area contributed by atoms with E-state index in [4.69, 9.17) is 4.74 Å². The summed E-state index contributed by atoms with van der Waals surface area (Å²) in [5, 5.41) is 16.5. The molecule has 2 rings (SSSR count). The number of hydrogen-bond acceptors (Lipinski definition) is 5. The number of hydrogen-bond donors (Lipinski definition) is 1. The van der Waals surface area contributed by atoms with Gasteiger partial charge in [0.05, 0.1) is 12.8 Å². The summed E-state index contributed by atoms with van der Waals surface area (Å²) in [5.41, 5.74) is 1.79. The molecule has 6 nitrogen and oxygen atoms in total. The third-order valence-corrected chi connectivity index (χ3v) is 3.18. The number of nitriles is 1. The molecule has 0 aliphatic carbocycles. The first-order valence-electron chi connectivity index (χ1n) is 6.41.